The van der Waals surface area contributed by atoms with Crippen LogP contribution in [0.5, 0.6) is 0 Å². The van der Waals surface area contributed by atoms with Crippen molar-refractivity contribution < 1.29 is 13.6 Å². The molecule has 0 saturated heterocycles. The van der Waals surface area contributed by atoms with Crippen LogP contribution >= 0.6 is 0 Å². The maximum Gasteiger partial charge on any atom is 0.255 e. The Kier molecular flexibility index (Phi) is 4.15. The Morgan fingerprint density at radius 1 is 0.958 bits per heavy atom. The van der Waals surface area contributed by atoms with E-state index in [0.29, 0.717) is 11.8 Å². The van der Waals surface area contributed by atoms with E-state index in [1.807, 2.05) is 6.07 Å². The predicted octanol–water partition coefficient (Wildman–Crippen LogP) is 3.26. The van der Waals surface area contributed by atoms with Crippen LogP contribution in [0.3, 0.4) is 0 Å². The van der Waals surface area contributed by atoms with E-state index in [9.17, 15) is 13.6 Å². The van der Waals surface area contributed by atoms with E-state index in [4.69, 9.17) is 5.73 Å². The van der Waals surface area contributed by atoms with Gasteiger partial charge >= 0.3 is 0 Å². The van der Waals surface area contributed by atoms with Crippen molar-refractivity contribution in [3.05, 3.63) is 72.1 Å². The molecule has 0 unspecified atom stereocenters. The minimum atomic E-state index is -0.812. The molecule has 3 N–H and O–H groups in total. The van der Waals surface area contributed by atoms with E-state index < -0.39 is 17.5 Å². The fraction of sp³-hybridized carbons (Fsp3) is 0. The highest BCUT2D eigenvalue weighted by molar-refractivity contribution is 6.04. The zero-order chi connectivity index (χ0) is 17.1. The Bertz CT molecular complexity index is 877. The molecule has 0 aliphatic heterocycles. The van der Waals surface area contributed by atoms with Crippen LogP contribution in [-0.2, 0) is 0 Å². The molecule has 0 saturated carbocycles. The highest BCUT2D eigenvalue weighted by Gasteiger charge is 2.10. The number of anilines is 2. The van der Waals surface area contributed by atoms with E-state index in [2.05, 4.69) is 15.3 Å². The lowest BCUT2D eigenvalue weighted by molar-refractivity contribution is 0.102. The van der Waals surface area contributed by atoms with Crippen molar-refractivity contribution in [3.8, 4) is 11.1 Å². The average molecular weight is 326 g/mol. The molecule has 3 aromatic rings. The second kappa shape index (κ2) is 6.41. The summed E-state index contributed by atoms with van der Waals surface area (Å²) in [7, 11) is 0. The van der Waals surface area contributed by atoms with Gasteiger partial charge in [0, 0.05) is 35.3 Å². The predicted molar refractivity (Wildman–Crippen MR) is 86.2 cm³/mol. The number of nitrogens with zero attached hydrogens (tertiary/aromatic N) is 2. The van der Waals surface area contributed by atoms with Gasteiger partial charge in [0.2, 0.25) is 5.95 Å². The number of carbonyl (C=O) groups is 1. The smallest absolute Gasteiger partial charge is 0.255 e. The van der Waals surface area contributed by atoms with Crippen LogP contribution < -0.4 is 11.1 Å². The first-order valence-electron chi connectivity index (χ1n) is 6.97. The molecule has 5 nitrogen and oxygen atoms in total. The van der Waals surface area contributed by atoms with Crippen LogP contribution in [0.1, 0.15) is 10.4 Å². The maximum absolute atomic E-state index is 13.2. The van der Waals surface area contributed by atoms with Crippen molar-refractivity contribution in [2.24, 2.45) is 0 Å². The Labute approximate surface area is 136 Å². The molecule has 1 aromatic heterocycles. The van der Waals surface area contributed by atoms with Gasteiger partial charge in [0.1, 0.15) is 11.6 Å². The molecule has 0 fully saturated rings. The molecule has 7 heteroatoms. The van der Waals surface area contributed by atoms with Crippen molar-refractivity contribution in [2.45, 2.75) is 0 Å². The molecule has 1 amide bonds. The number of rotatable bonds is 3. The second-order valence-electron chi connectivity index (χ2n) is 5.02. The van der Waals surface area contributed by atoms with Crippen molar-refractivity contribution in [3.63, 3.8) is 0 Å². The molecule has 0 aliphatic rings. The van der Waals surface area contributed by atoms with Crippen molar-refractivity contribution in [2.75, 3.05) is 11.1 Å². The summed E-state index contributed by atoms with van der Waals surface area (Å²) in [6.45, 7) is 0. The number of amides is 1. The zero-order valence-electron chi connectivity index (χ0n) is 12.3. The topological polar surface area (TPSA) is 80.9 Å². The summed E-state index contributed by atoms with van der Waals surface area (Å²) < 4.78 is 26.4. The number of carbonyl (C=O) groups excluding carboxylic acids is 1. The molecule has 0 aliphatic carbocycles. The highest BCUT2D eigenvalue weighted by Crippen LogP contribution is 2.22. The van der Waals surface area contributed by atoms with Gasteiger partial charge in [-0.05, 0) is 29.8 Å². The minimum Gasteiger partial charge on any atom is -0.368 e. The van der Waals surface area contributed by atoms with Gasteiger partial charge in [-0.25, -0.2) is 18.7 Å². The fourth-order valence-corrected chi connectivity index (χ4v) is 2.15. The summed E-state index contributed by atoms with van der Waals surface area (Å²) in [6.07, 6.45) is 3.12. The van der Waals surface area contributed by atoms with Gasteiger partial charge in [-0.1, -0.05) is 12.1 Å². The van der Waals surface area contributed by atoms with Crippen LogP contribution in [0.25, 0.3) is 11.1 Å². The van der Waals surface area contributed by atoms with Gasteiger partial charge in [-0.15, -0.1) is 0 Å². The van der Waals surface area contributed by atoms with Crippen LogP contribution in [0.15, 0.2) is 54.9 Å². The number of nitrogens with one attached hydrogen (secondary N) is 1. The van der Waals surface area contributed by atoms with E-state index >= 15 is 0 Å². The largest absolute Gasteiger partial charge is 0.368 e. The summed E-state index contributed by atoms with van der Waals surface area (Å²) in [5.41, 5.74) is 7.30. The van der Waals surface area contributed by atoms with Crippen molar-refractivity contribution in [1.82, 2.24) is 9.97 Å². The lowest BCUT2D eigenvalue weighted by Gasteiger charge is -2.08. The summed E-state index contributed by atoms with van der Waals surface area (Å²) in [6, 6.07) is 9.54. The van der Waals surface area contributed by atoms with E-state index in [-0.39, 0.29) is 11.5 Å². The van der Waals surface area contributed by atoms with Crippen molar-refractivity contribution >= 4 is 17.5 Å². The first-order chi connectivity index (χ1) is 11.5. The lowest BCUT2D eigenvalue weighted by atomic mass is 10.1. The Morgan fingerprint density at radius 3 is 2.29 bits per heavy atom. The molecular formula is C17H12F2N4O. The first kappa shape index (κ1) is 15.5. The molecule has 24 heavy (non-hydrogen) atoms. The van der Waals surface area contributed by atoms with Gasteiger partial charge in [0.25, 0.3) is 5.91 Å². The van der Waals surface area contributed by atoms with Crippen LogP contribution in [0, 0.1) is 11.6 Å². The molecule has 1 heterocycles. The third kappa shape index (κ3) is 3.52. The van der Waals surface area contributed by atoms with Crippen LogP contribution in [0.2, 0.25) is 0 Å². The lowest BCUT2D eigenvalue weighted by Crippen LogP contribution is -2.12. The third-order valence-corrected chi connectivity index (χ3v) is 3.25. The zero-order valence-corrected chi connectivity index (χ0v) is 12.3. The van der Waals surface area contributed by atoms with Crippen LogP contribution in [-0.4, -0.2) is 15.9 Å². The van der Waals surface area contributed by atoms with E-state index in [0.717, 1.165) is 23.3 Å². The number of nitrogens with two attached hydrogens (primary N) is 1. The number of hydrogen-bond acceptors (Lipinski definition) is 4. The van der Waals surface area contributed by atoms with E-state index in [1.54, 1.807) is 30.6 Å². The molecule has 0 bridgehead atoms. The number of halogens is 2. The SMILES string of the molecule is Nc1ncc(-c2cccc(NC(=O)c3cc(F)cc(F)c3)c2)cn1. The molecule has 0 atom stereocenters. The van der Waals surface area contributed by atoms with Gasteiger partial charge in [0.15, 0.2) is 0 Å². The number of aromatic nitrogens is 2. The monoisotopic (exact) mass is 326 g/mol. The Balaban J connectivity index is 1.84. The summed E-state index contributed by atoms with van der Waals surface area (Å²) in [5.74, 6) is -2.07. The molecule has 3 rings (SSSR count). The molecule has 120 valence electrons. The van der Waals surface area contributed by atoms with Gasteiger partial charge in [-0.3, -0.25) is 4.79 Å². The molecule has 0 radical (unpaired) electrons. The van der Waals surface area contributed by atoms with Gasteiger partial charge in [-0.2, -0.15) is 0 Å². The maximum atomic E-state index is 13.2. The standard InChI is InChI=1S/C17H12F2N4O/c18-13-4-11(5-14(19)7-13)16(24)23-15-3-1-2-10(6-15)12-8-21-17(20)22-9-12/h1-9H,(H,23,24)(H2,20,21,22). The Morgan fingerprint density at radius 2 is 1.62 bits per heavy atom. The van der Waals surface area contributed by atoms with Crippen LogP contribution in [0.4, 0.5) is 20.4 Å². The average Bonchev–Trinajstić information content (AvgIpc) is 2.55. The molecular weight excluding hydrogens is 314 g/mol. The number of hydrogen-bond donors (Lipinski definition) is 2. The molecule has 0 spiro atoms. The number of benzene rings is 2. The third-order valence-electron chi connectivity index (χ3n) is 3.25. The number of nitrogen functional groups attached to an aromatic ring is 1. The fourth-order valence-electron chi connectivity index (χ4n) is 2.15. The minimum absolute atomic E-state index is 0.103. The molecule has 2 aromatic carbocycles. The summed E-state index contributed by atoms with van der Waals surface area (Å²) >= 11 is 0. The van der Waals surface area contributed by atoms with Crippen molar-refractivity contribution in [1.29, 1.82) is 0 Å². The summed E-state index contributed by atoms with van der Waals surface area (Å²) in [4.78, 5) is 19.9. The second-order valence-corrected chi connectivity index (χ2v) is 5.02. The van der Waals surface area contributed by atoms with E-state index in [1.165, 1.54) is 0 Å². The van der Waals surface area contributed by atoms with Gasteiger partial charge in [0.05, 0.1) is 0 Å². The van der Waals surface area contributed by atoms with Gasteiger partial charge < -0.3 is 11.1 Å². The Hall–Kier alpha value is -3.35. The highest BCUT2D eigenvalue weighted by atomic mass is 19.1. The quantitative estimate of drug-likeness (QED) is 0.774. The normalized spacial score (nSPS) is 10.4. The first-order valence-corrected chi connectivity index (χ1v) is 6.97. The summed E-state index contributed by atoms with van der Waals surface area (Å²) in [5, 5.41) is 2.60.